The van der Waals surface area contributed by atoms with E-state index in [0.717, 1.165) is 29.0 Å². The van der Waals surface area contributed by atoms with Crippen LogP contribution in [0.2, 0.25) is 0 Å². The van der Waals surface area contributed by atoms with Gasteiger partial charge in [-0.1, -0.05) is 0 Å². The molecule has 0 saturated carbocycles. The van der Waals surface area contributed by atoms with Gasteiger partial charge in [0, 0.05) is 6.07 Å². The van der Waals surface area contributed by atoms with Crippen LogP contribution in [0.1, 0.15) is 11.1 Å². The third-order valence-electron chi connectivity index (χ3n) is 3.45. The van der Waals surface area contributed by atoms with Gasteiger partial charge in [0.1, 0.15) is 11.5 Å². The maximum Gasteiger partial charge on any atom is 0.200 e. The summed E-state index contributed by atoms with van der Waals surface area (Å²) in [4.78, 5) is 0. The van der Waals surface area contributed by atoms with Crippen molar-refractivity contribution in [3.8, 4) is 28.7 Å². The van der Waals surface area contributed by atoms with Gasteiger partial charge >= 0.3 is 0 Å². The quantitative estimate of drug-likeness (QED) is 0.803. The summed E-state index contributed by atoms with van der Waals surface area (Å²) in [6, 6.07) is 8.96. The second-order valence-corrected chi connectivity index (χ2v) is 4.89. The van der Waals surface area contributed by atoms with Gasteiger partial charge in [-0.2, -0.15) is 0 Å². The summed E-state index contributed by atoms with van der Waals surface area (Å²) in [6.45, 7) is 0. The largest absolute Gasteiger partial charge is 0.504 e. The number of phenols is 2. The molecule has 5 heteroatoms. The van der Waals surface area contributed by atoms with Gasteiger partial charge in [-0.15, -0.1) is 0 Å². The van der Waals surface area contributed by atoms with Crippen LogP contribution in [0.4, 0.5) is 0 Å². The zero-order valence-corrected chi connectivity index (χ0v) is 12.9. The molecule has 0 spiro atoms. The van der Waals surface area contributed by atoms with Gasteiger partial charge in [0.2, 0.25) is 5.75 Å². The molecule has 0 atom stereocenters. The van der Waals surface area contributed by atoms with Crippen LogP contribution in [-0.4, -0.2) is 31.5 Å². The summed E-state index contributed by atoms with van der Waals surface area (Å²) in [5.41, 5.74) is 1.93. The summed E-state index contributed by atoms with van der Waals surface area (Å²) < 4.78 is 15.5. The summed E-state index contributed by atoms with van der Waals surface area (Å²) in [5.74, 6) is 1.31. The smallest absolute Gasteiger partial charge is 0.200 e. The molecule has 0 amide bonds. The Labute approximate surface area is 129 Å². The highest BCUT2D eigenvalue weighted by atomic mass is 16.5. The monoisotopic (exact) mass is 304 g/mol. The van der Waals surface area contributed by atoms with E-state index in [4.69, 9.17) is 14.2 Å². The predicted molar refractivity (Wildman–Crippen MR) is 83.3 cm³/mol. The minimum Gasteiger partial charge on any atom is -0.504 e. The lowest BCUT2D eigenvalue weighted by Crippen LogP contribution is -1.95. The van der Waals surface area contributed by atoms with E-state index < -0.39 is 0 Å². The summed E-state index contributed by atoms with van der Waals surface area (Å²) in [6.07, 6.45) is 1.42. The number of phenolic OH excluding ortho intramolecular Hbond substituents is 2. The van der Waals surface area contributed by atoms with Crippen LogP contribution in [0.5, 0.6) is 28.7 Å². The number of aryl methyl sites for hydroxylation is 2. The molecule has 0 saturated heterocycles. The Bertz CT molecular complexity index is 629. The molecule has 2 aromatic carbocycles. The fraction of sp³-hybridized carbons (Fsp3) is 0.294. The van der Waals surface area contributed by atoms with Crippen LogP contribution in [-0.2, 0) is 12.8 Å². The van der Waals surface area contributed by atoms with Gasteiger partial charge < -0.3 is 24.4 Å². The first-order valence-corrected chi connectivity index (χ1v) is 6.88. The Morgan fingerprint density at radius 1 is 0.727 bits per heavy atom. The van der Waals surface area contributed by atoms with Crippen molar-refractivity contribution < 1.29 is 24.4 Å². The van der Waals surface area contributed by atoms with E-state index in [9.17, 15) is 10.2 Å². The maximum atomic E-state index is 9.70. The van der Waals surface area contributed by atoms with E-state index in [0.29, 0.717) is 6.42 Å². The Hall–Kier alpha value is -2.56. The molecule has 0 bridgehead atoms. The fourth-order valence-corrected chi connectivity index (χ4v) is 2.25. The number of hydrogen-bond acceptors (Lipinski definition) is 5. The molecule has 2 aromatic rings. The van der Waals surface area contributed by atoms with Gasteiger partial charge in [-0.05, 0) is 48.2 Å². The van der Waals surface area contributed by atoms with Crippen LogP contribution in [0.25, 0.3) is 0 Å². The standard InChI is InChI=1S/C17H20O5/c1-20-13-6-11(7-14(10-13)21-2)4-5-12-8-15(18)17(19)16(9-12)22-3/h6-10,18-19H,4-5H2,1-3H3. The molecule has 0 aliphatic carbocycles. The third-order valence-corrected chi connectivity index (χ3v) is 3.45. The van der Waals surface area contributed by atoms with Crippen LogP contribution in [0, 0.1) is 0 Å². The lowest BCUT2D eigenvalue weighted by molar-refractivity contribution is 0.350. The van der Waals surface area contributed by atoms with E-state index in [-0.39, 0.29) is 17.2 Å². The molecule has 0 heterocycles. The molecule has 22 heavy (non-hydrogen) atoms. The average molecular weight is 304 g/mol. The van der Waals surface area contributed by atoms with Gasteiger partial charge in [0.25, 0.3) is 0 Å². The number of benzene rings is 2. The topological polar surface area (TPSA) is 68.2 Å². The average Bonchev–Trinajstić information content (AvgIpc) is 2.55. The third kappa shape index (κ3) is 3.55. The minimum absolute atomic E-state index is 0.183. The number of ether oxygens (including phenoxy) is 3. The van der Waals surface area contributed by atoms with E-state index in [1.54, 1.807) is 20.3 Å². The van der Waals surface area contributed by atoms with Crippen molar-refractivity contribution in [3.05, 3.63) is 41.5 Å². The molecule has 0 radical (unpaired) electrons. The summed E-state index contributed by atoms with van der Waals surface area (Å²) >= 11 is 0. The summed E-state index contributed by atoms with van der Waals surface area (Å²) in [7, 11) is 4.67. The van der Waals surface area contributed by atoms with Gasteiger partial charge in [0.15, 0.2) is 11.5 Å². The first kappa shape index (κ1) is 15.8. The first-order chi connectivity index (χ1) is 10.6. The number of hydrogen-bond donors (Lipinski definition) is 2. The van der Waals surface area contributed by atoms with Crippen molar-refractivity contribution >= 4 is 0 Å². The molecule has 0 unspecified atom stereocenters. The highest BCUT2D eigenvalue weighted by Crippen LogP contribution is 2.36. The lowest BCUT2D eigenvalue weighted by atomic mass is 10.0. The SMILES string of the molecule is COc1cc(CCc2cc(O)c(O)c(OC)c2)cc(OC)c1. The Balaban J connectivity index is 2.18. The van der Waals surface area contributed by atoms with Crippen LogP contribution < -0.4 is 14.2 Å². The molecule has 0 aliphatic rings. The highest BCUT2D eigenvalue weighted by Gasteiger charge is 2.10. The fourth-order valence-electron chi connectivity index (χ4n) is 2.25. The van der Waals surface area contributed by atoms with Crippen molar-refractivity contribution in [3.63, 3.8) is 0 Å². The highest BCUT2D eigenvalue weighted by molar-refractivity contribution is 5.52. The van der Waals surface area contributed by atoms with Crippen molar-refractivity contribution in [2.45, 2.75) is 12.8 Å². The van der Waals surface area contributed by atoms with Gasteiger partial charge in [-0.3, -0.25) is 0 Å². The molecular formula is C17H20O5. The van der Waals surface area contributed by atoms with Crippen molar-refractivity contribution in [2.75, 3.05) is 21.3 Å². The first-order valence-electron chi connectivity index (χ1n) is 6.88. The second-order valence-electron chi connectivity index (χ2n) is 4.89. The van der Waals surface area contributed by atoms with E-state index in [1.807, 2.05) is 18.2 Å². The van der Waals surface area contributed by atoms with Crippen molar-refractivity contribution in [1.82, 2.24) is 0 Å². The maximum absolute atomic E-state index is 9.70. The molecule has 0 fully saturated rings. The van der Waals surface area contributed by atoms with E-state index >= 15 is 0 Å². The normalized spacial score (nSPS) is 10.3. The molecule has 5 nitrogen and oxygen atoms in total. The number of aromatic hydroxyl groups is 2. The van der Waals surface area contributed by atoms with Gasteiger partial charge in [0.05, 0.1) is 21.3 Å². The Morgan fingerprint density at radius 3 is 1.77 bits per heavy atom. The Morgan fingerprint density at radius 2 is 1.27 bits per heavy atom. The van der Waals surface area contributed by atoms with Crippen molar-refractivity contribution in [1.29, 1.82) is 0 Å². The molecular weight excluding hydrogens is 284 g/mol. The van der Waals surface area contributed by atoms with Crippen LogP contribution >= 0.6 is 0 Å². The van der Waals surface area contributed by atoms with Gasteiger partial charge in [-0.25, -0.2) is 0 Å². The van der Waals surface area contributed by atoms with Crippen LogP contribution in [0.3, 0.4) is 0 Å². The van der Waals surface area contributed by atoms with E-state index in [2.05, 4.69) is 0 Å². The predicted octanol–water partition coefficient (Wildman–Crippen LogP) is 2.91. The van der Waals surface area contributed by atoms with E-state index in [1.165, 1.54) is 13.2 Å². The lowest BCUT2D eigenvalue weighted by Gasteiger charge is -2.10. The number of rotatable bonds is 6. The van der Waals surface area contributed by atoms with Crippen LogP contribution in [0.15, 0.2) is 30.3 Å². The number of methoxy groups -OCH3 is 3. The minimum atomic E-state index is -0.241. The zero-order chi connectivity index (χ0) is 16.1. The molecule has 0 aromatic heterocycles. The molecule has 0 aliphatic heterocycles. The molecule has 118 valence electrons. The second kappa shape index (κ2) is 6.93. The molecule has 2 rings (SSSR count). The Kier molecular flexibility index (Phi) is 4.99. The molecule has 2 N–H and O–H groups in total. The summed E-state index contributed by atoms with van der Waals surface area (Å²) in [5, 5.41) is 19.3. The van der Waals surface area contributed by atoms with Crippen molar-refractivity contribution in [2.24, 2.45) is 0 Å². The zero-order valence-electron chi connectivity index (χ0n) is 12.9.